The third-order valence-corrected chi connectivity index (χ3v) is 3.68. The van der Waals surface area contributed by atoms with Crippen LogP contribution < -0.4 is 0 Å². The zero-order chi connectivity index (χ0) is 15.2. The number of amides is 1. The van der Waals surface area contributed by atoms with Gasteiger partial charge in [-0.25, -0.2) is 4.39 Å². The number of halogens is 2. The predicted molar refractivity (Wildman–Crippen MR) is 82.6 cm³/mol. The fourth-order valence-corrected chi connectivity index (χ4v) is 2.30. The van der Waals surface area contributed by atoms with Crippen LogP contribution in [0.25, 0.3) is 0 Å². The van der Waals surface area contributed by atoms with Gasteiger partial charge in [0.05, 0.1) is 0 Å². The summed E-state index contributed by atoms with van der Waals surface area (Å²) in [6.07, 6.45) is 0.883. The van der Waals surface area contributed by atoms with Crippen molar-refractivity contribution in [2.24, 2.45) is 0 Å². The molecule has 0 unspecified atom stereocenters. The van der Waals surface area contributed by atoms with Gasteiger partial charge in [0.25, 0.3) is 0 Å². The van der Waals surface area contributed by atoms with Crippen molar-refractivity contribution in [1.82, 2.24) is 4.90 Å². The number of hydrogen-bond donors (Lipinski definition) is 0. The molecule has 0 radical (unpaired) electrons. The first-order valence-corrected chi connectivity index (χ1v) is 7.16. The summed E-state index contributed by atoms with van der Waals surface area (Å²) in [5.41, 5.74) is 1.75. The summed E-state index contributed by atoms with van der Waals surface area (Å²) in [4.78, 5) is 13.7. The standard InChI is InChI=1S/C17H17ClFNO/c1-20(12-14-6-2-3-8-16(14)18)17(21)10-9-13-5-4-7-15(19)11-13/h2-8,11H,9-10,12H2,1H3. The van der Waals surface area contributed by atoms with Crippen molar-refractivity contribution < 1.29 is 9.18 Å². The van der Waals surface area contributed by atoms with Crippen LogP contribution in [-0.4, -0.2) is 17.9 Å². The Morgan fingerprint density at radius 2 is 1.95 bits per heavy atom. The minimum absolute atomic E-state index is 0.0131. The predicted octanol–water partition coefficient (Wildman–Crippen LogP) is 4.07. The number of rotatable bonds is 5. The molecule has 1 amide bonds. The molecule has 0 fully saturated rings. The van der Waals surface area contributed by atoms with E-state index in [4.69, 9.17) is 11.6 Å². The zero-order valence-corrected chi connectivity index (χ0v) is 12.6. The Kier molecular flexibility index (Phi) is 5.34. The van der Waals surface area contributed by atoms with E-state index in [2.05, 4.69) is 0 Å². The minimum atomic E-state index is -0.274. The van der Waals surface area contributed by atoms with Crippen molar-refractivity contribution in [3.63, 3.8) is 0 Å². The summed E-state index contributed by atoms with van der Waals surface area (Å²) in [6.45, 7) is 0.474. The van der Waals surface area contributed by atoms with E-state index in [1.54, 1.807) is 18.0 Å². The van der Waals surface area contributed by atoms with Crippen LogP contribution in [0.4, 0.5) is 4.39 Å². The van der Waals surface area contributed by atoms with Gasteiger partial charge in [-0.3, -0.25) is 4.79 Å². The fraction of sp³-hybridized carbons (Fsp3) is 0.235. The van der Waals surface area contributed by atoms with E-state index in [1.165, 1.54) is 12.1 Å². The molecule has 0 spiro atoms. The van der Waals surface area contributed by atoms with E-state index in [1.807, 2.05) is 30.3 Å². The molecule has 0 atom stereocenters. The first-order chi connectivity index (χ1) is 10.1. The molecule has 2 nitrogen and oxygen atoms in total. The van der Waals surface area contributed by atoms with Gasteiger partial charge >= 0.3 is 0 Å². The molecule has 2 rings (SSSR count). The van der Waals surface area contributed by atoms with Gasteiger partial charge in [0, 0.05) is 25.0 Å². The van der Waals surface area contributed by atoms with Gasteiger partial charge in [0.1, 0.15) is 5.82 Å². The number of carbonyl (C=O) groups is 1. The molecule has 0 N–H and O–H groups in total. The van der Waals surface area contributed by atoms with Crippen molar-refractivity contribution in [1.29, 1.82) is 0 Å². The summed E-state index contributed by atoms with van der Waals surface area (Å²) < 4.78 is 13.1. The topological polar surface area (TPSA) is 20.3 Å². The summed E-state index contributed by atoms with van der Waals surface area (Å²) in [5.74, 6) is -0.261. The normalized spacial score (nSPS) is 10.4. The number of aryl methyl sites for hydroxylation is 1. The fourth-order valence-electron chi connectivity index (χ4n) is 2.10. The minimum Gasteiger partial charge on any atom is -0.341 e. The van der Waals surface area contributed by atoms with E-state index in [0.29, 0.717) is 24.4 Å². The van der Waals surface area contributed by atoms with E-state index in [9.17, 15) is 9.18 Å². The first kappa shape index (κ1) is 15.5. The molecule has 0 saturated carbocycles. The Bertz CT molecular complexity index is 630. The van der Waals surface area contributed by atoms with Crippen LogP contribution in [0.2, 0.25) is 5.02 Å². The molecule has 0 saturated heterocycles. The quantitative estimate of drug-likeness (QED) is 0.815. The largest absolute Gasteiger partial charge is 0.341 e. The Hall–Kier alpha value is -1.87. The maximum Gasteiger partial charge on any atom is 0.222 e. The van der Waals surface area contributed by atoms with E-state index in [-0.39, 0.29) is 11.7 Å². The Labute approximate surface area is 129 Å². The first-order valence-electron chi connectivity index (χ1n) is 6.78. The Morgan fingerprint density at radius 1 is 1.19 bits per heavy atom. The molecule has 0 aliphatic carbocycles. The van der Waals surface area contributed by atoms with Gasteiger partial charge in [-0.1, -0.05) is 41.9 Å². The van der Waals surface area contributed by atoms with Gasteiger partial charge < -0.3 is 4.90 Å². The lowest BCUT2D eigenvalue weighted by atomic mass is 10.1. The Balaban J connectivity index is 1.90. The highest BCUT2D eigenvalue weighted by Crippen LogP contribution is 2.17. The van der Waals surface area contributed by atoms with Crippen LogP contribution in [0.3, 0.4) is 0 Å². The van der Waals surface area contributed by atoms with E-state index < -0.39 is 0 Å². The van der Waals surface area contributed by atoms with Gasteiger partial charge in [0.2, 0.25) is 5.91 Å². The lowest BCUT2D eigenvalue weighted by Crippen LogP contribution is -2.26. The van der Waals surface area contributed by atoms with E-state index in [0.717, 1.165) is 11.1 Å². The van der Waals surface area contributed by atoms with Crippen molar-refractivity contribution in [3.05, 3.63) is 70.5 Å². The third-order valence-electron chi connectivity index (χ3n) is 3.31. The molecular formula is C17H17ClFNO. The van der Waals surface area contributed by atoms with E-state index >= 15 is 0 Å². The smallest absolute Gasteiger partial charge is 0.222 e. The van der Waals surface area contributed by atoms with Crippen LogP contribution in [0.15, 0.2) is 48.5 Å². The molecule has 0 aliphatic heterocycles. The van der Waals surface area contributed by atoms with Crippen LogP contribution in [0.1, 0.15) is 17.5 Å². The van der Waals surface area contributed by atoms with Gasteiger partial charge in [-0.15, -0.1) is 0 Å². The summed E-state index contributed by atoms with van der Waals surface area (Å²) in [5, 5.41) is 0.655. The second-order valence-electron chi connectivity index (χ2n) is 4.97. The average molecular weight is 306 g/mol. The van der Waals surface area contributed by atoms with Crippen LogP contribution in [0.5, 0.6) is 0 Å². The van der Waals surface area contributed by atoms with Crippen molar-refractivity contribution in [2.45, 2.75) is 19.4 Å². The number of nitrogens with zero attached hydrogens (tertiary/aromatic N) is 1. The molecule has 4 heteroatoms. The molecule has 110 valence electrons. The molecule has 0 bridgehead atoms. The molecule has 2 aromatic carbocycles. The van der Waals surface area contributed by atoms with Gasteiger partial charge in [-0.05, 0) is 35.7 Å². The maximum atomic E-state index is 13.1. The zero-order valence-electron chi connectivity index (χ0n) is 11.9. The van der Waals surface area contributed by atoms with Crippen LogP contribution >= 0.6 is 11.6 Å². The van der Waals surface area contributed by atoms with Crippen LogP contribution in [-0.2, 0) is 17.8 Å². The van der Waals surface area contributed by atoms with Crippen molar-refractivity contribution in [2.75, 3.05) is 7.05 Å². The second-order valence-corrected chi connectivity index (χ2v) is 5.38. The molecule has 0 aliphatic rings. The monoisotopic (exact) mass is 305 g/mol. The molecule has 21 heavy (non-hydrogen) atoms. The van der Waals surface area contributed by atoms with Crippen molar-refractivity contribution in [3.8, 4) is 0 Å². The number of carbonyl (C=O) groups excluding carboxylic acids is 1. The van der Waals surface area contributed by atoms with Gasteiger partial charge in [-0.2, -0.15) is 0 Å². The number of benzene rings is 2. The van der Waals surface area contributed by atoms with Gasteiger partial charge in [0.15, 0.2) is 0 Å². The summed E-state index contributed by atoms with van der Waals surface area (Å²) in [6, 6.07) is 13.8. The summed E-state index contributed by atoms with van der Waals surface area (Å²) >= 11 is 6.08. The SMILES string of the molecule is CN(Cc1ccccc1Cl)C(=O)CCc1cccc(F)c1. The average Bonchev–Trinajstić information content (AvgIpc) is 2.47. The molecule has 0 aromatic heterocycles. The maximum absolute atomic E-state index is 13.1. The van der Waals surface area contributed by atoms with Crippen LogP contribution in [0, 0.1) is 5.82 Å². The highest BCUT2D eigenvalue weighted by molar-refractivity contribution is 6.31. The molecule has 2 aromatic rings. The third kappa shape index (κ3) is 4.57. The highest BCUT2D eigenvalue weighted by Gasteiger charge is 2.11. The molecule has 0 heterocycles. The summed E-state index contributed by atoms with van der Waals surface area (Å²) in [7, 11) is 1.75. The van der Waals surface area contributed by atoms with Crippen molar-refractivity contribution >= 4 is 17.5 Å². The molecular weight excluding hydrogens is 289 g/mol. The second kappa shape index (κ2) is 7.23. The Morgan fingerprint density at radius 3 is 2.67 bits per heavy atom. The lowest BCUT2D eigenvalue weighted by molar-refractivity contribution is -0.130. The number of hydrogen-bond acceptors (Lipinski definition) is 1. The highest BCUT2D eigenvalue weighted by atomic mass is 35.5. The lowest BCUT2D eigenvalue weighted by Gasteiger charge is -2.18.